The molecule has 1 saturated heterocycles. The molecule has 114 valence electrons. The van der Waals surface area contributed by atoms with Gasteiger partial charge in [-0.25, -0.2) is 0 Å². The summed E-state index contributed by atoms with van der Waals surface area (Å²) in [5.41, 5.74) is 0. The normalized spacial score (nSPS) is 22.9. The molecule has 0 aromatic rings. The lowest BCUT2D eigenvalue weighted by atomic mass is 10.1. The van der Waals surface area contributed by atoms with Gasteiger partial charge in [-0.3, -0.25) is 0 Å². The van der Waals surface area contributed by atoms with Crippen LogP contribution in [0.15, 0.2) is 0 Å². The molecule has 0 aromatic carbocycles. The highest BCUT2D eigenvalue weighted by Crippen LogP contribution is 2.04. The number of ether oxygens (including phenoxy) is 1. The van der Waals surface area contributed by atoms with Crippen molar-refractivity contribution in [3.63, 3.8) is 0 Å². The molecule has 0 amide bonds. The van der Waals surface area contributed by atoms with Gasteiger partial charge in [-0.1, -0.05) is 13.8 Å². The van der Waals surface area contributed by atoms with Crippen molar-refractivity contribution >= 4 is 0 Å². The van der Waals surface area contributed by atoms with Crippen molar-refractivity contribution < 1.29 is 4.74 Å². The third-order valence-corrected chi connectivity index (χ3v) is 4.04. The first-order valence-electron chi connectivity index (χ1n) is 7.91. The van der Waals surface area contributed by atoms with Gasteiger partial charge in [0.2, 0.25) is 0 Å². The molecule has 1 aliphatic rings. The van der Waals surface area contributed by atoms with Crippen LogP contribution in [0.1, 0.15) is 33.6 Å². The molecule has 0 bridgehead atoms. The van der Waals surface area contributed by atoms with E-state index in [1.54, 1.807) is 0 Å². The summed E-state index contributed by atoms with van der Waals surface area (Å²) in [6.07, 6.45) is 2.89. The van der Waals surface area contributed by atoms with Crippen LogP contribution in [0.25, 0.3) is 0 Å². The molecule has 4 nitrogen and oxygen atoms in total. The fourth-order valence-corrected chi connectivity index (χ4v) is 2.59. The van der Waals surface area contributed by atoms with Crippen molar-refractivity contribution in [2.75, 3.05) is 52.9 Å². The van der Waals surface area contributed by atoms with Crippen molar-refractivity contribution in [3.8, 4) is 0 Å². The second-order valence-corrected chi connectivity index (χ2v) is 5.73. The van der Waals surface area contributed by atoms with Gasteiger partial charge in [-0.2, -0.15) is 0 Å². The van der Waals surface area contributed by atoms with Crippen molar-refractivity contribution in [1.29, 1.82) is 0 Å². The van der Waals surface area contributed by atoms with Gasteiger partial charge in [0.05, 0.1) is 12.7 Å². The van der Waals surface area contributed by atoms with Crippen LogP contribution in [0.4, 0.5) is 0 Å². The van der Waals surface area contributed by atoms with Gasteiger partial charge in [0.15, 0.2) is 0 Å². The summed E-state index contributed by atoms with van der Waals surface area (Å²) in [6, 6.07) is 0.589. The molecular weight excluding hydrogens is 238 g/mol. The lowest BCUT2D eigenvalue weighted by Crippen LogP contribution is -2.46. The van der Waals surface area contributed by atoms with Gasteiger partial charge in [0.1, 0.15) is 0 Å². The summed E-state index contributed by atoms with van der Waals surface area (Å²) in [5, 5.41) is 3.61. The van der Waals surface area contributed by atoms with Gasteiger partial charge in [-0.15, -0.1) is 0 Å². The fraction of sp³-hybridized carbons (Fsp3) is 1.00. The minimum Gasteiger partial charge on any atom is -0.374 e. The Balaban J connectivity index is 2.05. The maximum atomic E-state index is 5.76. The molecule has 1 aliphatic heterocycles. The van der Waals surface area contributed by atoms with Gasteiger partial charge in [-0.05, 0) is 46.4 Å². The maximum Gasteiger partial charge on any atom is 0.0826 e. The molecule has 0 aliphatic carbocycles. The van der Waals surface area contributed by atoms with E-state index in [2.05, 4.69) is 42.9 Å². The van der Waals surface area contributed by atoms with Gasteiger partial charge in [0, 0.05) is 25.7 Å². The molecule has 1 rings (SSSR count). The van der Waals surface area contributed by atoms with Crippen molar-refractivity contribution in [3.05, 3.63) is 0 Å². The summed E-state index contributed by atoms with van der Waals surface area (Å²) in [5.74, 6) is 0. The molecule has 19 heavy (non-hydrogen) atoms. The topological polar surface area (TPSA) is 27.7 Å². The smallest absolute Gasteiger partial charge is 0.0826 e. The fourth-order valence-electron chi connectivity index (χ4n) is 2.59. The van der Waals surface area contributed by atoms with E-state index in [4.69, 9.17) is 4.74 Å². The van der Waals surface area contributed by atoms with Crippen molar-refractivity contribution in [2.45, 2.75) is 45.8 Å². The number of hydrogen-bond acceptors (Lipinski definition) is 4. The van der Waals surface area contributed by atoms with Crippen LogP contribution in [0, 0.1) is 0 Å². The average molecular weight is 271 g/mol. The summed E-state index contributed by atoms with van der Waals surface area (Å²) in [6.45, 7) is 14.3. The molecule has 2 atom stereocenters. The van der Waals surface area contributed by atoms with Crippen LogP contribution < -0.4 is 5.32 Å². The van der Waals surface area contributed by atoms with Crippen LogP contribution >= 0.6 is 0 Å². The molecule has 1 N–H and O–H groups in total. The summed E-state index contributed by atoms with van der Waals surface area (Å²) < 4.78 is 5.76. The second-order valence-electron chi connectivity index (χ2n) is 5.73. The quantitative estimate of drug-likeness (QED) is 0.686. The number of rotatable bonds is 9. The third-order valence-electron chi connectivity index (χ3n) is 4.04. The van der Waals surface area contributed by atoms with Crippen LogP contribution in [0.3, 0.4) is 0 Å². The molecule has 1 heterocycles. The first kappa shape index (κ1) is 16.9. The van der Waals surface area contributed by atoms with Crippen LogP contribution in [0.2, 0.25) is 0 Å². The number of nitrogens with one attached hydrogen (secondary N) is 1. The molecule has 0 spiro atoms. The predicted octanol–water partition coefficient (Wildman–Crippen LogP) is 1.42. The minimum absolute atomic E-state index is 0.365. The maximum absolute atomic E-state index is 5.76. The monoisotopic (exact) mass is 271 g/mol. The van der Waals surface area contributed by atoms with Crippen molar-refractivity contribution in [2.24, 2.45) is 0 Å². The zero-order valence-corrected chi connectivity index (χ0v) is 13.3. The third kappa shape index (κ3) is 7.25. The van der Waals surface area contributed by atoms with E-state index in [1.807, 2.05) is 0 Å². The lowest BCUT2D eigenvalue weighted by molar-refractivity contribution is -0.0191. The Morgan fingerprint density at radius 1 is 1.37 bits per heavy atom. The van der Waals surface area contributed by atoms with Gasteiger partial charge < -0.3 is 19.9 Å². The Morgan fingerprint density at radius 2 is 2.11 bits per heavy atom. The summed E-state index contributed by atoms with van der Waals surface area (Å²) in [4.78, 5) is 4.84. The molecule has 0 radical (unpaired) electrons. The molecule has 1 fully saturated rings. The van der Waals surface area contributed by atoms with E-state index < -0.39 is 0 Å². The Hall–Kier alpha value is -0.160. The van der Waals surface area contributed by atoms with Crippen LogP contribution in [0.5, 0.6) is 0 Å². The minimum atomic E-state index is 0.365. The largest absolute Gasteiger partial charge is 0.374 e. The lowest BCUT2D eigenvalue weighted by Gasteiger charge is -2.31. The standard InChI is InChI=1S/C15H33N3O/c1-5-18(6-2)9-7-8-14(3)16-12-15-13-17(4)10-11-19-15/h14-16H,5-13H2,1-4H3. The molecule has 4 heteroatoms. The Labute approximate surface area is 119 Å². The second kappa shape index (κ2) is 9.70. The Morgan fingerprint density at radius 3 is 2.74 bits per heavy atom. The number of morpholine rings is 1. The van der Waals surface area contributed by atoms with E-state index >= 15 is 0 Å². The average Bonchev–Trinajstić information content (AvgIpc) is 2.41. The van der Waals surface area contributed by atoms with E-state index in [0.717, 1.165) is 26.2 Å². The predicted molar refractivity (Wildman–Crippen MR) is 81.7 cm³/mol. The zero-order valence-electron chi connectivity index (χ0n) is 13.3. The summed E-state index contributed by atoms with van der Waals surface area (Å²) in [7, 11) is 2.17. The highest BCUT2D eigenvalue weighted by molar-refractivity contribution is 4.73. The summed E-state index contributed by atoms with van der Waals surface area (Å²) >= 11 is 0. The zero-order chi connectivity index (χ0) is 14.1. The first-order chi connectivity index (χ1) is 9.15. The molecular formula is C15H33N3O. The highest BCUT2D eigenvalue weighted by atomic mass is 16.5. The van der Waals surface area contributed by atoms with E-state index in [9.17, 15) is 0 Å². The number of nitrogens with zero attached hydrogens (tertiary/aromatic N) is 2. The first-order valence-corrected chi connectivity index (χ1v) is 7.91. The van der Waals surface area contributed by atoms with Crippen molar-refractivity contribution in [1.82, 2.24) is 15.1 Å². The van der Waals surface area contributed by atoms with Gasteiger partial charge >= 0.3 is 0 Å². The Kier molecular flexibility index (Phi) is 8.62. The number of likely N-dealkylation sites (N-methyl/N-ethyl adjacent to an activating group) is 1. The molecule has 2 unspecified atom stereocenters. The highest BCUT2D eigenvalue weighted by Gasteiger charge is 2.17. The molecule has 0 aromatic heterocycles. The SMILES string of the molecule is CCN(CC)CCCC(C)NCC1CN(C)CCO1. The van der Waals surface area contributed by atoms with Crippen LogP contribution in [-0.2, 0) is 4.74 Å². The Bertz CT molecular complexity index is 221. The van der Waals surface area contributed by atoms with E-state index in [1.165, 1.54) is 32.5 Å². The van der Waals surface area contributed by atoms with Gasteiger partial charge in [0.25, 0.3) is 0 Å². The van der Waals surface area contributed by atoms with Crippen LogP contribution in [-0.4, -0.2) is 74.9 Å². The molecule has 0 saturated carbocycles. The van der Waals surface area contributed by atoms with E-state index in [-0.39, 0.29) is 0 Å². The number of hydrogen-bond donors (Lipinski definition) is 1. The van der Waals surface area contributed by atoms with E-state index in [0.29, 0.717) is 12.1 Å².